The zero-order valence-corrected chi connectivity index (χ0v) is 20.9. The summed E-state index contributed by atoms with van der Waals surface area (Å²) in [5.41, 5.74) is 0.829. The average Bonchev–Trinajstić information content (AvgIpc) is 2.78. The van der Waals surface area contributed by atoms with Gasteiger partial charge in [0.25, 0.3) is 8.32 Å². The minimum Gasteiger partial charge on any atom is -0.406 e. The van der Waals surface area contributed by atoms with E-state index in [-0.39, 0.29) is 10.5 Å². The van der Waals surface area contributed by atoms with Crippen LogP contribution in [0.1, 0.15) is 40.2 Å². The van der Waals surface area contributed by atoms with E-state index in [1.165, 1.54) is 10.4 Å². The summed E-state index contributed by atoms with van der Waals surface area (Å²) in [6.07, 6.45) is 1.87. The fraction of sp³-hybridized carbons (Fsp3) is 0.321. The first kappa shape index (κ1) is 24.0. The second kappa shape index (κ2) is 10.3. The lowest BCUT2D eigenvalue weighted by molar-refractivity contribution is 0.127. The summed E-state index contributed by atoms with van der Waals surface area (Å²) in [7, 11) is -2.56. The minimum absolute atomic E-state index is 0.0489. The first-order valence-electron chi connectivity index (χ1n) is 11.2. The molecule has 168 valence electrons. The van der Waals surface area contributed by atoms with Crippen LogP contribution >= 0.6 is 0 Å². The van der Waals surface area contributed by atoms with Crippen LogP contribution < -0.4 is 10.4 Å². The van der Waals surface area contributed by atoms with Gasteiger partial charge >= 0.3 is 0 Å². The Balaban J connectivity index is 1.83. The molecule has 0 heterocycles. The van der Waals surface area contributed by atoms with Crippen LogP contribution in [0.5, 0.6) is 0 Å². The number of rotatable bonds is 9. The predicted octanol–water partition coefficient (Wildman–Crippen LogP) is 5.79. The van der Waals surface area contributed by atoms with Crippen molar-refractivity contribution in [3.63, 3.8) is 0 Å². The Morgan fingerprint density at radius 2 is 1.19 bits per heavy atom. The summed E-state index contributed by atoms with van der Waals surface area (Å²) < 4.78 is 7.04. The van der Waals surface area contributed by atoms with E-state index in [1.807, 2.05) is 36.5 Å². The van der Waals surface area contributed by atoms with Crippen molar-refractivity contribution in [2.45, 2.75) is 46.3 Å². The van der Waals surface area contributed by atoms with E-state index < -0.39 is 8.32 Å². The van der Waals surface area contributed by atoms with Crippen LogP contribution in [-0.4, -0.2) is 21.1 Å². The van der Waals surface area contributed by atoms with E-state index in [4.69, 9.17) is 9.26 Å². The maximum absolute atomic E-state index is 7.04. The minimum atomic E-state index is -2.56. The van der Waals surface area contributed by atoms with Gasteiger partial charge < -0.3 is 9.26 Å². The lowest BCUT2D eigenvalue weighted by atomic mass is 9.97. The van der Waals surface area contributed by atoms with Crippen LogP contribution in [0.25, 0.3) is 0 Å². The van der Waals surface area contributed by atoms with Crippen LogP contribution in [0.3, 0.4) is 0 Å². The van der Waals surface area contributed by atoms with E-state index in [1.54, 1.807) is 0 Å². The van der Waals surface area contributed by atoms with Crippen LogP contribution in [0.2, 0.25) is 5.04 Å². The molecule has 3 rings (SSSR count). The highest BCUT2D eigenvalue weighted by molar-refractivity contribution is 6.99. The number of hydrogen-bond donors (Lipinski definition) is 0. The number of nitrogens with zero attached hydrogens (tertiary/aromatic N) is 1. The van der Waals surface area contributed by atoms with E-state index in [9.17, 15) is 0 Å². The molecule has 3 aromatic rings. The average molecular weight is 446 g/mol. The molecule has 0 N–H and O–H groups in total. The van der Waals surface area contributed by atoms with Gasteiger partial charge in [0.2, 0.25) is 0 Å². The summed E-state index contributed by atoms with van der Waals surface area (Å²) in [6.45, 7) is 12.2. The third kappa shape index (κ3) is 5.75. The van der Waals surface area contributed by atoms with Crippen molar-refractivity contribution in [3.05, 3.63) is 96.6 Å². The molecule has 0 atom stereocenters. The first-order valence-corrected chi connectivity index (χ1v) is 13.1. The maximum atomic E-state index is 7.04. The Hall–Kier alpha value is -2.69. The van der Waals surface area contributed by atoms with Crippen molar-refractivity contribution in [3.8, 4) is 0 Å². The molecule has 0 bridgehead atoms. The molecule has 3 aromatic carbocycles. The maximum Gasteiger partial charge on any atom is 0.261 e. The number of oxime groups is 1. The largest absolute Gasteiger partial charge is 0.406 e. The molecule has 0 saturated carbocycles. The lowest BCUT2D eigenvalue weighted by Crippen LogP contribution is -2.67. The van der Waals surface area contributed by atoms with Gasteiger partial charge in [0, 0.05) is 12.0 Å². The van der Waals surface area contributed by atoms with E-state index in [2.05, 4.69) is 100 Å². The van der Waals surface area contributed by atoms with Gasteiger partial charge in [0.05, 0.1) is 6.21 Å². The normalized spacial score (nSPS) is 12.8. The van der Waals surface area contributed by atoms with E-state index in [0.29, 0.717) is 13.2 Å². The Bertz CT molecular complexity index is 941. The van der Waals surface area contributed by atoms with E-state index >= 15 is 0 Å². The molecule has 0 radical (unpaired) electrons. The highest BCUT2D eigenvalue weighted by Gasteiger charge is 2.50. The molecule has 0 unspecified atom stereocenters. The van der Waals surface area contributed by atoms with E-state index in [0.717, 1.165) is 5.56 Å². The molecule has 0 spiro atoms. The van der Waals surface area contributed by atoms with Crippen molar-refractivity contribution in [2.75, 3.05) is 6.61 Å². The van der Waals surface area contributed by atoms with Gasteiger partial charge in [-0.05, 0) is 21.0 Å². The summed E-state index contributed by atoms with van der Waals surface area (Å²) in [4.78, 5) is 5.55. The van der Waals surface area contributed by atoms with Crippen molar-refractivity contribution in [1.29, 1.82) is 0 Å². The smallest absolute Gasteiger partial charge is 0.261 e. The SMILES string of the molecule is CC(C)(/C=N/OCc1ccccc1)CO[Si](c1ccccc1)(c1ccccc1)C(C)(C)C. The molecule has 4 heteroatoms. The molecule has 0 aliphatic rings. The zero-order valence-electron chi connectivity index (χ0n) is 19.9. The summed E-state index contributed by atoms with van der Waals surface area (Å²) >= 11 is 0. The molecule has 0 aromatic heterocycles. The summed E-state index contributed by atoms with van der Waals surface area (Å²) in [6, 6.07) is 31.5. The molecule has 32 heavy (non-hydrogen) atoms. The summed E-state index contributed by atoms with van der Waals surface area (Å²) in [5, 5.41) is 6.78. The Labute approximate surface area is 194 Å². The zero-order chi connectivity index (χ0) is 23.1. The molecular formula is C28H35NO2Si. The van der Waals surface area contributed by atoms with Crippen LogP contribution in [0.15, 0.2) is 96.2 Å². The van der Waals surface area contributed by atoms with Crippen molar-refractivity contribution in [1.82, 2.24) is 0 Å². The quantitative estimate of drug-likeness (QED) is 0.237. The fourth-order valence-corrected chi connectivity index (χ4v) is 8.70. The van der Waals surface area contributed by atoms with Crippen molar-refractivity contribution < 1.29 is 9.26 Å². The van der Waals surface area contributed by atoms with Crippen molar-refractivity contribution >= 4 is 24.9 Å². The molecule has 0 saturated heterocycles. The molecular weight excluding hydrogens is 410 g/mol. The van der Waals surface area contributed by atoms with Crippen LogP contribution in [0, 0.1) is 5.41 Å². The highest BCUT2D eigenvalue weighted by Crippen LogP contribution is 2.37. The van der Waals surface area contributed by atoms with Crippen LogP contribution in [0.4, 0.5) is 0 Å². The second-order valence-electron chi connectivity index (χ2n) is 9.93. The number of hydrogen-bond acceptors (Lipinski definition) is 3. The third-order valence-corrected chi connectivity index (χ3v) is 10.6. The van der Waals surface area contributed by atoms with Gasteiger partial charge in [-0.1, -0.05) is 131 Å². The van der Waals surface area contributed by atoms with Gasteiger partial charge in [0.15, 0.2) is 0 Å². The van der Waals surface area contributed by atoms with Gasteiger partial charge in [0.1, 0.15) is 6.61 Å². The standard InChI is InChI=1S/C28H35NO2Si/c1-27(2,3)32(25-17-11-7-12-18-25,26-19-13-8-14-20-26)31-23-28(4,5)22-29-30-21-24-15-9-6-10-16-24/h6-20,22H,21,23H2,1-5H3/b29-22+. The Morgan fingerprint density at radius 3 is 1.66 bits per heavy atom. The molecule has 0 amide bonds. The number of benzene rings is 3. The predicted molar refractivity (Wildman–Crippen MR) is 137 cm³/mol. The fourth-order valence-electron chi connectivity index (χ4n) is 3.96. The van der Waals surface area contributed by atoms with Gasteiger partial charge in [-0.2, -0.15) is 0 Å². The van der Waals surface area contributed by atoms with Gasteiger partial charge in [-0.25, -0.2) is 0 Å². The van der Waals surface area contributed by atoms with Gasteiger partial charge in [-0.3, -0.25) is 0 Å². The Morgan fingerprint density at radius 1 is 0.719 bits per heavy atom. The highest BCUT2D eigenvalue weighted by atomic mass is 28.4. The molecule has 0 fully saturated rings. The van der Waals surface area contributed by atoms with Crippen molar-refractivity contribution in [2.24, 2.45) is 10.6 Å². The molecule has 0 aliphatic carbocycles. The van der Waals surface area contributed by atoms with Crippen LogP contribution in [-0.2, 0) is 15.9 Å². The van der Waals surface area contributed by atoms with Gasteiger partial charge in [-0.15, -0.1) is 0 Å². The molecule has 3 nitrogen and oxygen atoms in total. The lowest BCUT2D eigenvalue weighted by Gasteiger charge is -2.44. The third-order valence-electron chi connectivity index (χ3n) is 5.63. The first-order chi connectivity index (χ1) is 15.2. The topological polar surface area (TPSA) is 30.8 Å². The molecule has 0 aliphatic heterocycles. The summed E-state index contributed by atoms with van der Waals surface area (Å²) in [5.74, 6) is 0. The monoisotopic (exact) mass is 445 g/mol. The second-order valence-corrected chi connectivity index (χ2v) is 14.2. The Kier molecular flexibility index (Phi) is 7.70.